The van der Waals surface area contributed by atoms with Crippen molar-refractivity contribution in [1.82, 2.24) is 0 Å². The van der Waals surface area contributed by atoms with Crippen molar-refractivity contribution < 1.29 is 17.7 Å². The van der Waals surface area contributed by atoms with E-state index < -0.39 is 0 Å². The van der Waals surface area contributed by atoms with Crippen molar-refractivity contribution in [3.63, 3.8) is 0 Å². The van der Waals surface area contributed by atoms with E-state index in [1.165, 1.54) is 0 Å². The molecule has 0 aliphatic heterocycles. The van der Waals surface area contributed by atoms with Gasteiger partial charge in [-0.15, -0.1) is 0 Å². The molecule has 18 rings (SSSR count). The van der Waals surface area contributed by atoms with Crippen LogP contribution in [0.2, 0.25) is 0 Å². The van der Waals surface area contributed by atoms with Gasteiger partial charge >= 0.3 is 11.3 Å². The number of hydrogen-bond donors (Lipinski definition) is 0. The summed E-state index contributed by atoms with van der Waals surface area (Å²) in [4.78, 5) is 27.2. The molecule has 0 saturated carbocycles. The minimum absolute atomic E-state index is 0.346. The van der Waals surface area contributed by atoms with E-state index in [1.54, 1.807) is 0 Å². The van der Waals surface area contributed by atoms with Crippen molar-refractivity contribution in [3.8, 4) is 89.0 Å². The van der Waals surface area contributed by atoms with Crippen LogP contribution in [0, 0.1) is 0 Å². The summed E-state index contributed by atoms with van der Waals surface area (Å²) >= 11 is 0. The molecule has 4 heterocycles. The van der Waals surface area contributed by atoms with Crippen molar-refractivity contribution in [2.75, 3.05) is 0 Å². The summed E-state index contributed by atoms with van der Waals surface area (Å²) in [6.07, 6.45) is 0. The van der Waals surface area contributed by atoms with Crippen LogP contribution in [0.4, 0.5) is 0 Å². The molecule has 0 unspecified atom stereocenters. The third-order valence-electron chi connectivity index (χ3n) is 17.8. The first-order valence-electron chi connectivity index (χ1n) is 30.7. The van der Waals surface area contributed by atoms with Crippen LogP contribution >= 0.6 is 0 Å². The minimum atomic E-state index is -0.353. The lowest BCUT2D eigenvalue weighted by molar-refractivity contribution is 0.569. The van der Waals surface area contributed by atoms with E-state index in [0.29, 0.717) is 21.9 Å². The number of fused-ring (bicyclic) bond motifs is 12. The third-order valence-corrected chi connectivity index (χ3v) is 17.8. The maximum atomic E-state index is 13.9. The molecule has 0 radical (unpaired) electrons. The van der Waals surface area contributed by atoms with Gasteiger partial charge in [-0.2, -0.15) is 0 Å². The normalized spacial score (nSPS) is 11.6. The fraction of sp³-hybridized carbons (Fsp3) is 0. The molecule has 14 aromatic carbocycles. The quantitative estimate of drug-likeness (QED) is 0.111. The Bertz CT molecular complexity index is 5760. The van der Waals surface area contributed by atoms with Crippen LogP contribution in [0.3, 0.4) is 0 Å². The van der Waals surface area contributed by atoms with Crippen LogP contribution < -0.4 is 11.3 Å². The molecule has 0 atom stereocenters. The van der Waals surface area contributed by atoms with Crippen molar-refractivity contribution in [2.45, 2.75) is 0 Å². The molecule has 0 aliphatic rings. The van der Waals surface area contributed by atoms with Crippen LogP contribution in [-0.4, -0.2) is 0 Å². The van der Waals surface area contributed by atoms with Gasteiger partial charge in [0.05, 0.1) is 10.8 Å². The van der Waals surface area contributed by atoms with Gasteiger partial charge in [-0.05, 0) is 186 Å². The van der Waals surface area contributed by atoms with Gasteiger partial charge in [0.2, 0.25) is 0 Å². The Morgan fingerprint density at radius 2 is 0.511 bits per heavy atom. The maximum Gasteiger partial charge on any atom is 0.344 e. The van der Waals surface area contributed by atoms with E-state index in [4.69, 9.17) is 17.7 Å². The summed E-state index contributed by atoms with van der Waals surface area (Å²) in [5.41, 5.74) is 20.7. The molecule has 0 aliphatic carbocycles. The van der Waals surface area contributed by atoms with Crippen LogP contribution in [0.5, 0.6) is 0 Å². The zero-order chi connectivity index (χ0) is 61.2. The largest absolute Gasteiger partial charge is 0.456 e. The summed E-state index contributed by atoms with van der Waals surface area (Å²) in [7, 11) is 0. The van der Waals surface area contributed by atoms with Crippen molar-refractivity contribution >= 4 is 87.4 Å². The van der Waals surface area contributed by atoms with E-state index in [-0.39, 0.29) is 11.3 Å². The summed E-state index contributed by atoms with van der Waals surface area (Å²) in [6.45, 7) is 0. The lowest BCUT2D eigenvalue weighted by atomic mass is 9.91. The lowest BCUT2D eigenvalue weighted by Gasteiger charge is -2.13. The monoisotopic (exact) mass is 1180 g/mol. The Morgan fingerprint density at radius 3 is 0.989 bits per heavy atom. The molecule has 6 nitrogen and oxygen atoms in total. The summed E-state index contributed by atoms with van der Waals surface area (Å²) in [5, 5.41) is 8.90. The predicted molar refractivity (Wildman–Crippen MR) is 378 cm³/mol. The van der Waals surface area contributed by atoms with E-state index in [9.17, 15) is 9.59 Å². The Labute approximate surface area is 527 Å². The molecule has 0 spiro atoms. The van der Waals surface area contributed by atoms with Crippen LogP contribution in [0.15, 0.2) is 343 Å². The Hall–Kier alpha value is -12.4. The maximum absolute atomic E-state index is 13.9. The van der Waals surface area contributed by atoms with Crippen molar-refractivity contribution in [2.24, 2.45) is 0 Å². The second-order valence-corrected chi connectivity index (χ2v) is 23.3. The molecule has 92 heavy (non-hydrogen) atoms. The van der Waals surface area contributed by atoms with Gasteiger partial charge < -0.3 is 17.7 Å². The zero-order valence-corrected chi connectivity index (χ0v) is 49.5. The standard InChI is InChI=1S/2C43H26O3/c44-43-42-34(32-24-30(27-11-3-1-4-12-27)23-31(25-32)28-13-5-2-6-14-28)16-9-18-36(42)35-22-21-29(26-40(35)46-43)33-17-10-20-39-41(33)37-15-7-8-19-38(37)45-39;44-43-36-21-18-29(33-23-31(27-10-3-1-4-11-27)22-32(24-33)28-12-5-2-6-13-28)25-38(36)35-20-19-30(26-41(35)46-43)34-15-9-17-40-42(34)37-14-7-8-16-39(37)45-40/h2*1-26H. The predicted octanol–water partition coefficient (Wildman–Crippen LogP) is 23.0. The molecule has 0 bridgehead atoms. The van der Waals surface area contributed by atoms with Gasteiger partial charge in [0.25, 0.3) is 0 Å². The Kier molecular flexibility index (Phi) is 13.1. The lowest BCUT2D eigenvalue weighted by Crippen LogP contribution is -2.02. The van der Waals surface area contributed by atoms with Gasteiger partial charge in [-0.3, -0.25) is 0 Å². The number of benzene rings is 14. The first-order chi connectivity index (χ1) is 45.4. The fourth-order valence-electron chi connectivity index (χ4n) is 13.5. The summed E-state index contributed by atoms with van der Waals surface area (Å²) in [6, 6.07) is 107. The van der Waals surface area contributed by atoms with Gasteiger partial charge in [0.1, 0.15) is 33.5 Å². The second kappa shape index (κ2) is 22.3. The summed E-state index contributed by atoms with van der Waals surface area (Å²) in [5.74, 6) is 0. The van der Waals surface area contributed by atoms with E-state index in [1.807, 2.05) is 152 Å². The van der Waals surface area contributed by atoms with Crippen LogP contribution in [0.25, 0.3) is 176 Å². The SMILES string of the molecule is O=c1oc2cc(-c3cccc4oc5ccccc5c34)ccc2c2cc(-c3cc(-c4ccccc4)cc(-c4ccccc4)c3)ccc12.O=c1oc2cc(-c3cccc4oc5ccccc5c34)ccc2c2cccc(-c3cc(-c4ccccc4)cc(-c4ccccc4)c3)c12. The van der Waals surface area contributed by atoms with Crippen LogP contribution in [-0.2, 0) is 0 Å². The van der Waals surface area contributed by atoms with Crippen LogP contribution in [0.1, 0.15) is 0 Å². The molecule has 18 aromatic rings. The van der Waals surface area contributed by atoms with Gasteiger partial charge in [-0.25, -0.2) is 9.59 Å². The van der Waals surface area contributed by atoms with Crippen molar-refractivity contribution in [3.05, 3.63) is 336 Å². The first-order valence-corrected chi connectivity index (χ1v) is 30.7. The molecule has 0 fully saturated rings. The van der Waals surface area contributed by atoms with Gasteiger partial charge in [0.15, 0.2) is 0 Å². The number of furan rings is 2. The molecular weight excluding hydrogens is 1130 g/mol. The first kappa shape index (κ1) is 53.8. The highest BCUT2D eigenvalue weighted by Gasteiger charge is 2.20. The number of hydrogen-bond acceptors (Lipinski definition) is 6. The Balaban J connectivity index is 0.000000141. The minimum Gasteiger partial charge on any atom is -0.456 e. The average molecular weight is 1180 g/mol. The molecule has 0 saturated heterocycles. The van der Waals surface area contributed by atoms with Crippen molar-refractivity contribution in [1.29, 1.82) is 0 Å². The molecule has 0 amide bonds. The Morgan fingerprint density at radius 1 is 0.163 bits per heavy atom. The average Bonchev–Trinajstić information content (AvgIpc) is 1.42. The second-order valence-electron chi connectivity index (χ2n) is 23.3. The highest BCUT2D eigenvalue weighted by molar-refractivity contribution is 6.16. The number of rotatable bonds is 8. The van der Waals surface area contributed by atoms with E-state index in [0.717, 1.165) is 154 Å². The smallest absolute Gasteiger partial charge is 0.344 e. The highest BCUT2D eigenvalue weighted by atomic mass is 16.4. The molecular formula is C86H52O6. The molecule has 6 heteroatoms. The molecule has 432 valence electrons. The van der Waals surface area contributed by atoms with Gasteiger partial charge in [0, 0.05) is 43.1 Å². The molecule has 4 aromatic heterocycles. The number of para-hydroxylation sites is 2. The zero-order valence-electron chi connectivity index (χ0n) is 49.5. The van der Waals surface area contributed by atoms with Gasteiger partial charge in [-0.1, -0.05) is 218 Å². The highest BCUT2D eigenvalue weighted by Crippen LogP contribution is 2.43. The van der Waals surface area contributed by atoms with E-state index in [2.05, 4.69) is 164 Å². The summed E-state index contributed by atoms with van der Waals surface area (Å²) < 4.78 is 24.3. The van der Waals surface area contributed by atoms with E-state index >= 15 is 0 Å². The topological polar surface area (TPSA) is 86.7 Å². The fourth-order valence-corrected chi connectivity index (χ4v) is 13.5. The third kappa shape index (κ3) is 9.53. The molecule has 0 N–H and O–H groups in total.